The monoisotopic (exact) mass is 433 g/mol. The molecule has 0 bridgehead atoms. The standard InChI is InChI=1S/C23H23N5O4/c1-26-10-11-27(18-5-3-2-4-17(18)26)23(32)24-15-6-7-16-14(12-15)13-28(22(16)31)19-8-9-20(29)25-21(19)30/h2-7,12,19H,8-11,13H2,1H3,(H,24,32)(H,25,29,30). The van der Waals surface area contributed by atoms with Crippen LogP contribution >= 0.6 is 0 Å². The predicted octanol–water partition coefficient (Wildman–Crippen LogP) is 1.94. The number of nitrogens with one attached hydrogen (secondary N) is 2. The van der Waals surface area contributed by atoms with Crippen LogP contribution in [-0.4, -0.2) is 54.8 Å². The van der Waals surface area contributed by atoms with Crippen molar-refractivity contribution in [1.82, 2.24) is 10.2 Å². The maximum Gasteiger partial charge on any atom is 0.326 e. The highest BCUT2D eigenvalue weighted by atomic mass is 16.2. The molecule has 3 aliphatic rings. The average molecular weight is 433 g/mol. The van der Waals surface area contributed by atoms with Gasteiger partial charge in [0.1, 0.15) is 6.04 Å². The Morgan fingerprint density at radius 3 is 2.62 bits per heavy atom. The first-order valence-electron chi connectivity index (χ1n) is 10.6. The number of likely N-dealkylation sites (N-methyl/N-ethyl adjacent to an activating group) is 1. The molecule has 0 aromatic heterocycles. The van der Waals surface area contributed by atoms with Crippen molar-refractivity contribution < 1.29 is 19.2 Å². The molecule has 1 atom stereocenters. The summed E-state index contributed by atoms with van der Waals surface area (Å²) in [5.41, 5.74) is 3.68. The molecule has 1 fully saturated rings. The molecule has 2 aromatic carbocycles. The van der Waals surface area contributed by atoms with Gasteiger partial charge in [0.05, 0.1) is 11.4 Å². The highest BCUT2D eigenvalue weighted by Gasteiger charge is 2.39. The number of para-hydroxylation sites is 2. The molecule has 164 valence electrons. The Balaban J connectivity index is 1.33. The van der Waals surface area contributed by atoms with E-state index in [1.807, 2.05) is 31.3 Å². The van der Waals surface area contributed by atoms with Gasteiger partial charge in [-0.15, -0.1) is 0 Å². The van der Waals surface area contributed by atoms with Crippen LogP contribution in [0, 0.1) is 0 Å². The first-order chi connectivity index (χ1) is 15.4. The van der Waals surface area contributed by atoms with E-state index < -0.39 is 11.9 Å². The quantitative estimate of drug-likeness (QED) is 0.705. The molecule has 9 nitrogen and oxygen atoms in total. The molecule has 1 saturated heterocycles. The fourth-order valence-electron chi connectivity index (χ4n) is 4.56. The Bertz CT molecular complexity index is 1150. The van der Waals surface area contributed by atoms with E-state index in [1.54, 1.807) is 23.1 Å². The van der Waals surface area contributed by atoms with Crippen molar-refractivity contribution in [3.8, 4) is 0 Å². The number of imide groups is 1. The highest BCUT2D eigenvalue weighted by Crippen LogP contribution is 2.33. The fourth-order valence-corrected chi connectivity index (χ4v) is 4.56. The van der Waals surface area contributed by atoms with Gasteiger partial charge in [-0.3, -0.25) is 24.6 Å². The van der Waals surface area contributed by atoms with Crippen LogP contribution in [0.25, 0.3) is 0 Å². The summed E-state index contributed by atoms with van der Waals surface area (Å²) in [5, 5.41) is 5.24. The van der Waals surface area contributed by atoms with Crippen LogP contribution in [0.1, 0.15) is 28.8 Å². The minimum atomic E-state index is -0.660. The van der Waals surface area contributed by atoms with E-state index in [1.165, 1.54) is 4.90 Å². The van der Waals surface area contributed by atoms with Gasteiger partial charge in [-0.1, -0.05) is 12.1 Å². The van der Waals surface area contributed by atoms with Crippen LogP contribution in [0.4, 0.5) is 21.9 Å². The van der Waals surface area contributed by atoms with Gasteiger partial charge in [-0.25, -0.2) is 4.79 Å². The van der Waals surface area contributed by atoms with Crippen molar-refractivity contribution in [2.24, 2.45) is 0 Å². The third kappa shape index (κ3) is 3.35. The summed E-state index contributed by atoms with van der Waals surface area (Å²) in [6, 6.07) is 12.0. The zero-order chi connectivity index (χ0) is 22.4. The van der Waals surface area contributed by atoms with Crippen molar-refractivity contribution in [2.45, 2.75) is 25.4 Å². The minimum Gasteiger partial charge on any atom is -0.371 e. The van der Waals surface area contributed by atoms with E-state index in [9.17, 15) is 19.2 Å². The smallest absolute Gasteiger partial charge is 0.326 e. The second kappa shape index (κ2) is 7.67. The zero-order valence-electron chi connectivity index (χ0n) is 17.6. The lowest BCUT2D eigenvalue weighted by Gasteiger charge is -2.35. The molecule has 0 radical (unpaired) electrons. The number of urea groups is 1. The van der Waals surface area contributed by atoms with E-state index in [0.29, 0.717) is 24.2 Å². The number of nitrogens with zero attached hydrogens (tertiary/aromatic N) is 3. The molecule has 2 aromatic rings. The Morgan fingerprint density at radius 2 is 1.84 bits per heavy atom. The summed E-state index contributed by atoms with van der Waals surface area (Å²) < 4.78 is 0. The fraction of sp³-hybridized carbons (Fsp3) is 0.304. The van der Waals surface area contributed by atoms with Gasteiger partial charge in [-0.05, 0) is 42.3 Å². The molecular weight excluding hydrogens is 410 g/mol. The molecule has 9 heteroatoms. The first-order valence-corrected chi connectivity index (χ1v) is 10.6. The molecule has 0 spiro atoms. The van der Waals surface area contributed by atoms with Crippen LogP contribution in [0.2, 0.25) is 0 Å². The number of amides is 5. The summed E-state index contributed by atoms with van der Waals surface area (Å²) in [7, 11) is 2.00. The normalized spacial score (nSPS) is 20.1. The Kier molecular flexibility index (Phi) is 4.80. The number of fused-ring (bicyclic) bond motifs is 2. The van der Waals surface area contributed by atoms with Crippen LogP contribution < -0.4 is 20.4 Å². The van der Waals surface area contributed by atoms with Crippen LogP contribution in [0.3, 0.4) is 0 Å². The maximum absolute atomic E-state index is 13.0. The van der Waals surface area contributed by atoms with Crippen molar-refractivity contribution in [3.05, 3.63) is 53.6 Å². The van der Waals surface area contributed by atoms with Gasteiger partial charge in [0.15, 0.2) is 0 Å². The molecule has 2 N–H and O–H groups in total. The number of piperidine rings is 1. The molecule has 32 heavy (non-hydrogen) atoms. The van der Waals surface area contributed by atoms with Crippen molar-refractivity contribution in [3.63, 3.8) is 0 Å². The lowest BCUT2D eigenvalue weighted by molar-refractivity contribution is -0.136. The van der Waals surface area contributed by atoms with Gasteiger partial charge in [0.25, 0.3) is 5.91 Å². The third-order valence-corrected chi connectivity index (χ3v) is 6.26. The molecule has 5 rings (SSSR count). The molecule has 0 aliphatic carbocycles. The maximum atomic E-state index is 13.0. The summed E-state index contributed by atoms with van der Waals surface area (Å²) >= 11 is 0. The number of carbonyl (C=O) groups is 4. The SMILES string of the molecule is CN1CCN(C(=O)Nc2ccc3c(c2)CN(C2CCC(=O)NC2=O)C3=O)c2ccccc21. The minimum absolute atomic E-state index is 0.213. The van der Waals surface area contributed by atoms with E-state index in [0.717, 1.165) is 23.5 Å². The largest absolute Gasteiger partial charge is 0.371 e. The second-order valence-corrected chi connectivity index (χ2v) is 8.26. The van der Waals surface area contributed by atoms with E-state index in [-0.39, 0.29) is 30.8 Å². The van der Waals surface area contributed by atoms with Crippen LogP contribution in [-0.2, 0) is 16.1 Å². The lowest BCUT2D eigenvalue weighted by atomic mass is 10.0. The van der Waals surface area contributed by atoms with Gasteiger partial charge < -0.3 is 15.1 Å². The van der Waals surface area contributed by atoms with Gasteiger partial charge in [0.2, 0.25) is 11.8 Å². The Morgan fingerprint density at radius 1 is 1.06 bits per heavy atom. The predicted molar refractivity (Wildman–Crippen MR) is 119 cm³/mol. The molecular formula is C23H23N5O4. The molecule has 0 saturated carbocycles. The Labute approximate surface area is 185 Å². The van der Waals surface area contributed by atoms with Gasteiger partial charge in [0, 0.05) is 44.4 Å². The molecule has 3 heterocycles. The molecule has 3 aliphatic heterocycles. The highest BCUT2D eigenvalue weighted by molar-refractivity contribution is 6.07. The molecule has 1 unspecified atom stereocenters. The van der Waals surface area contributed by atoms with E-state index >= 15 is 0 Å². The summed E-state index contributed by atoms with van der Waals surface area (Å²) in [5.74, 6) is -0.990. The van der Waals surface area contributed by atoms with Crippen molar-refractivity contribution >= 4 is 40.8 Å². The average Bonchev–Trinajstić information content (AvgIpc) is 3.09. The Hall–Kier alpha value is -3.88. The van der Waals surface area contributed by atoms with E-state index in [4.69, 9.17) is 0 Å². The zero-order valence-corrected chi connectivity index (χ0v) is 17.6. The molecule has 5 amide bonds. The van der Waals surface area contributed by atoms with E-state index in [2.05, 4.69) is 15.5 Å². The number of rotatable bonds is 2. The summed E-state index contributed by atoms with van der Waals surface area (Å²) in [6.07, 6.45) is 0.529. The number of hydrogen-bond donors (Lipinski definition) is 2. The number of anilines is 3. The van der Waals surface area contributed by atoms with Crippen LogP contribution in [0.5, 0.6) is 0 Å². The van der Waals surface area contributed by atoms with Gasteiger partial charge >= 0.3 is 6.03 Å². The summed E-state index contributed by atoms with van der Waals surface area (Å²) in [6.45, 7) is 1.55. The second-order valence-electron chi connectivity index (χ2n) is 8.26. The van der Waals surface area contributed by atoms with Crippen molar-refractivity contribution in [1.29, 1.82) is 0 Å². The lowest BCUT2D eigenvalue weighted by Crippen LogP contribution is -2.52. The van der Waals surface area contributed by atoms with Crippen molar-refractivity contribution in [2.75, 3.05) is 35.3 Å². The number of benzene rings is 2. The topological polar surface area (TPSA) is 102 Å². The number of hydrogen-bond acceptors (Lipinski definition) is 5. The number of carbonyl (C=O) groups excluding carboxylic acids is 4. The third-order valence-electron chi connectivity index (χ3n) is 6.26. The summed E-state index contributed by atoms with van der Waals surface area (Å²) in [4.78, 5) is 54.8. The van der Waals surface area contributed by atoms with Gasteiger partial charge in [-0.2, -0.15) is 0 Å². The first kappa shape index (κ1) is 20.0. The van der Waals surface area contributed by atoms with Crippen LogP contribution in [0.15, 0.2) is 42.5 Å².